The number of Topliss-reactive ketones (excluding diaryl/α,β-unsaturated/α-hetero) is 1. The fourth-order valence-electron chi connectivity index (χ4n) is 7.26. The largest absolute Gasteiger partial charge is 0.459 e. The smallest absolute Gasteiger partial charge is 0.416 e. The van der Waals surface area contributed by atoms with Gasteiger partial charge in [-0.05, 0) is 66.5 Å². The lowest BCUT2D eigenvalue weighted by Gasteiger charge is -2.39. The number of ketones is 1. The maximum atomic E-state index is 14.4. The van der Waals surface area contributed by atoms with Crippen LogP contribution in [0, 0.1) is 23.2 Å². The van der Waals surface area contributed by atoms with Gasteiger partial charge in [-0.15, -0.1) is 0 Å². The lowest BCUT2D eigenvalue weighted by molar-refractivity contribution is -0.154. The fourth-order valence-corrected chi connectivity index (χ4v) is 7.26. The minimum Gasteiger partial charge on any atom is -0.459 e. The topological polar surface area (TPSA) is 177 Å². The van der Waals surface area contributed by atoms with E-state index in [1.807, 2.05) is 13.8 Å². The molecule has 1 heterocycles. The van der Waals surface area contributed by atoms with Gasteiger partial charge in [-0.2, -0.15) is 13.2 Å². The molecule has 0 radical (unpaired) electrons. The second-order valence-electron chi connectivity index (χ2n) is 16.0. The second-order valence-corrected chi connectivity index (χ2v) is 16.0. The Hall–Kier alpha value is -4.17. The number of alkyl halides is 3. The van der Waals surface area contributed by atoms with Gasteiger partial charge in [0.15, 0.2) is 0 Å². The third-order valence-electron chi connectivity index (χ3n) is 10.5. The molecule has 5 amide bonds. The molecule has 0 bridgehead atoms. The number of carbonyl (C=O) groups is 6. The summed E-state index contributed by atoms with van der Waals surface area (Å²) < 4.78 is 44.5. The molecular formula is C37H52F3N5O7. The van der Waals surface area contributed by atoms with Crippen molar-refractivity contribution in [3.8, 4) is 0 Å². The molecule has 15 heteroatoms. The molecule has 12 nitrogen and oxygen atoms in total. The first kappa shape index (κ1) is 40.6. The zero-order chi connectivity index (χ0) is 38.6. The summed E-state index contributed by atoms with van der Waals surface area (Å²) in [6.45, 7) is 9.05. The van der Waals surface area contributed by atoms with E-state index in [9.17, 15) is 41.9 Å². The second kappa shape index (κ2) is 16.2. The Labute approximate surface area is 302 Å². The molecule has 5 N–H and O–H groups in total. The van der Waals surface area contributed by atoms with E-state index in [4.69, 9.17) is 10.5 Å². The molecule has 3 fully saturated rings. The number of likely N-dealkylation sites (tertiary alicyclic amines) is 1. The van der Waals surface area contributed by atoms with Crippen LogP contribution in [0.1, 0.15) is 104 Å². The molecule has 4 rings (SSSR count). The molecule has 1 aliphatic heterocycles. The number of rotatable bonds is 13. The molecule has 2 saturated carbocycles. The fraction of sp³-hybridized carbons (Fsp3) is 0.676. The lowest BCUT2D eigenvalue weighted by atomic mass is 9.81. The first-order valence-electron chi connectivity index (χ1n) is 18.1. The number of primary amides is 1. The van der Waals surface area contributed by atoms with Crippen LogP contribution >= 0.6 is 0 Å². The van der Waals surface area contributed by atoms with Crippen LogP contribution in [0.3, 0.4) is 0 Å². The van der Waals surface area contributed by atoms with Crippen molar-refractivity contribution in [1.82, 2.24) is 20.9 Å². The summed E-state index contributed by atoms with van der Waals surface area (Å²) in [4.78, 5) is 81.4. The Bertz CT molecular complexity index is 1500. The normalized spacial score (nSPS) is 21.5. The molecule has 0 aromatic heterocycles. The molecule has 288 valence electrons. The number of hydrogen-bond donors (Lipinski definition) is 4. The Morgan fingerprint density at radius 1 is 0.942 bits per heavy atom. The molecule has 52 heavy (non-hydrogen) atoms. The summed E-state index contributed by atoms with van der Waals surface area (Å²) in [5.41, 5.74) is 2.52. The average molecular weight is 736 g/mol. The van der Waals surface area contributed by atoms with Crippen molar-refractivity contribution in [3.63, 3.8) is 0 Å². The quantitative estimate of drug-likeness (QED) is 0.172. The zero-order valence-electron chi connectivity index (χ0n) is 30.6. The Morgan fingerprint density at radius 3 is 2.08 bits per heavy atom. The van der Waals surface area contributed by atoms with Gasteiger partial charge in [0, 0.05) is 6.54 Å². The maximum absolute atomic E-state index is 14.4. The van der Waals surface area contributed by atoms with Crippen LogP contribution in [-0.4, -0.2) is 70.6 Å². The molecular weight excluding hydrogens is 683 g/mol. The van der Waals surface area contributed by atoms with Crippen molar-refractivity contribution >= 4 is 35.5 Å². The Morgan fingerprint density at radius 2 is 1.56 bits per heavy atom. The summed E-state index contributed by atoms with van der Waals surface area (Å²) >= 11 is 0. The van der Waals surface area contributed by atoms with Gasteiger partial charge in [0.2, 0.25) is 17.6 Å². The molecule has 3 aliphatic rings. The third-order valence-corrected chi connectivity index (χ3v) is 10.5. The predicted octanol–water partition coefficient (Wildman–Crippen LogP) is 4.38. The number of ether oxygens (including phenoxy) is 1. The van der Waals surface area contributed by atoms with Crippen LogP contribution in [-0.2, 0) is 41.5 Å². The number of halogens is 3. The number of hydrogen-bond acceptors (Lipinski definition) is 7. The summed E-state index contributed by atoms with van der Waals surface area (Å²) in [6, 6.07) is 0.236. The molecule has 1 aromatic rings. The van der Waals surface area contributed by atoms with Crippen LogP contribution < -0.4 is 21.7 Å². The SMILES string of the molecule is CC(C)[C@H]1CCN(C(=O)[C@@H](NC(=O)NC2(C(=O)OCc3ccc(C(F)(F)F)cc3)CCCCC2)C(C)(C)C)[C@@H]1C(=O)NC(CC1CC1)C(=O)C(N)=O. The number of urea groups is 1. The van der Waals surface area contributed by atoms with E-state index in [2.05, 4.69) is 16.0 Å². The first-order valence-corrected chi connectivity index (χ1v) is 18.1. The van der Waals surface area contributed by atoms with Crippen molar-refractivity contribution in [2.45, 2.75) is 129 Å². The highest BCUT2D eigenvalue weighted by Crippen LogP contribution is 2.36. The van der Waals surface area contributed by atoms with Crippen molar-refractivity contribution in [3.05, 3.63) is 35.4 Å². The minimum absolute atomic E-state index is 0.0219. The van der Waals surface area contributed by atoms with E-state index in [-0.39, 0.29) is 50.2 Å². The number of esters is 1. The summed E-state index contributed by atoms with van der Waals surface area (Å²) in [5.74, 6) is -3.96. The zero-order valence-corrected chi connectivity index (χ0v) is 30.6. The van der Waals surface area contributed by atoms with Crippen LogP contribution in [0.4, 0.5) is 18.0 Å². The number of nitrogens with zero attached hydrogens (tertiary/aromatic N) is 1. The van der Waals surface area contributed by atoms with Gasteiger partial charge < -0.3 is 31.3 Å². The number of amides is 5. The summed E-state index contributed by atoms with van der Waals surface area (Å²) in [5, 5.41) is 8.26. The van der Waals surface area contributed by atoms with Gasteiger partial charge in [-0.1, -0.05) is 78.9 Å². The Balaban J connectivity index is 1.50. The van der Waals surface area contributed by atoms with Crippen LogP contribution in [0.2, 0.25) is 0 Å². The van der Waals surface area contributed by atoms with Crippen LogP contribution in [0.25, 0.3) is 0 Å². The van der Waals surface area contributed by atoms with E-state index >= 15 is 0 Å². The number of benzene rings is 1. The standard InChI is InChI=1S/C37H52F3N5O7/c1-21(2)25-15-18-45(27(25)31(48)42-26(19-22-9-10-22)28(46)30(41)47)32(49)29(35(3,4)5)43-34(51)44-36(16-7-6-8-17-36)33(50)52-20-23-11-13-24(14-12-23)37(38,39)40/h11-14,21-22,25-27,29H,6-10,15-20H2,1-5H3,(H2,41,47)(H,42,48)(H2,43,44,51)/t25-,26?,27+,29-/m1/s1. The van der Waals surface area contributed by atoms with Crippen molar-refractivity contribution in [1.29, 1.82) is 0 Å². The van der Waals surface area contributed by atoms with Crippen molar-refractivity contribution in [2.75, 3.05) is 6.54 Å². The van der Waals surface area contributed by atoms with Crippen molar-refractivity contribution in [2.24, 2.45) is 28.9 Å². The van der Waals surface area contributed by atoms with Crippen LogP contribution in [0.15, 0.2) is 24.3 Å². The van der Waals surface area contributed by atoms with E-state index in [1.54, 1.807) is 20.8 Å². The van der Waals surface area contributed by atoms with Gasteiger partial charge in [0.05, 0.1) is 11.6 Å². The van der Waals surface area contributed by atoms with E-state index in [0.717, 1.165) is 31.4 Å². The van der Waals surface area contributed by atoms with Crippen LogP contribution in [0.5, 0.6) is 0 Å². The molecule has 4 atom stereocenters. The molecule has 1 unspecified atom stereocenters. The highest BCUT2D eigenvalue weighted by molar-refractivity contribution is 6.37. The predicted molar refractivity (Wildman–Crippen MR) is 184 cm³/mol. The van der Waals surface area contributed by atoms with E-state index in [1.165, 1.54) is 17.0 Å². The van der Waals surface area contributed by atoms with Crippen molar-refractivity contribution < 1.29 is 46.7 Å². The highest BCUT2D eigenvalue weighted by Gasteiger charge is 2.49. The number of nitrogens with one attached hydrogen (secondary N) is 3. The van der Waals surface area contributed by atoms with Gasteiger partial charge in [0.25, 0.3) is 5.91 Å². The third kappa shape index (κ3) is 10.0. The van der Waals surface area contributed by atoms with Gasteiger partial charge >= 0.3 is 18.2 Å². The highest BCUT2D eigenvalue weighted by atomic mass is 19.4. The van der Waals surface area contributed by atoms with Gasteiger partial charge in [0.1, 0.15) is 24.2 Å². The number of carbonyl (C=O) groups excluding carboxylic acids is 6. The van der Waals surface area contributed by atoms with E-state index < -0.39 is 76.3 Å². The van der Waals surface area contributed by atoms with Gasteiger partial charge in [-0.25, -0.2) is 9.59 Å². The molecule has 1 saturated heterocycles. The summed E-state index contributed by atoms with van der Waals surface area (Å²) in [7, 11) is 0. The average Bonchev–Trinajstić information content (AvgIpc) is 3.77. The Kier molecular flexibility index (Phi) is 12.7. The van der Waals surface area contributed by atoms with Gasteiger partial charge in [-0.3, -0.25) is 19.2 Å². The first-order chi connectivity index (χ1) is 24.2. The maximum Gasteiger partial charge on any atom is 0.416 e. The molecule has 0 spiro atoms. The minimum atomic E-state index is -4.51. The number of nitrogens with two attached hydrogens (primary N) is 1. The van der Waals surface area contributed by atoms with E-state index in [0.29, 0.717) is 24.8 Å². The monoisotopic (exact) mass is 735 g/mol. The molecule has 1 aromatic carbocycles. The lowest BCUT2D eigenvalue weighted by Crippen LogP contribution is -2.64. The molecule has 2 aliphatic carbocycles. The summed E-state index contributed by atoms with van der Waals surface area (Å²) in [6.07, 6.45) is 0.582.